The van der Waals surface area contributed by atoms with Crippen molar-refractivity contribution in [2.45, 2.75) is 44.4 Å². The van der Waals surface area contributed by atoms with Crippen molar-refractivity contribution in [3.63, 3.8) is 0 Å². The van der Waals surface area contributed by atoms with Gasteiger partial charge in [-0.1, -0.05) is 13.8 Å². The van der Waals surface area contributed by atoms with Gasteiger partial charge in [0.15, 0.2) is 0 Å². The zero-order valence-electron chi connectivity index (χ0n) is 23.9. The number of rotatable bonds is 6. The van der Waals surface area contributed by atoms with E-state index < -0.39 is 64.4 Å². The van der Waals surface area contributed by atoms with E-state index in [2.05, 4.69) is 25.9 Å². The summed E-state index contributed by atoms with van der Waals surface area (Å²) in [6.07, 6.45) is -4.63. The highest BCUT2D eigenvalue weighted by atomic mass is 19.4. The molecule has 1 aromatic heterocycles. The SMILES string of the molecule is CC(C)C(NC(=O)c1cc(C(F)(F)F)ccc1F)C(=O)N1CCC2(CC1)C(=O)N(C)C(=O)N2c1ccc(-c2nn[nH]n2)cc1. The van der Waals surface area contributed by atoms with Crippen molar-refractivity contribution < 1.29 is 36.7 Å². The van der Waals surface area contributed by atoms with Crippen molar-refractivity contribution >= 4 is 29.4 Å². The Morgan fingerprint density at radius 1 is 1.05 bits per heavy atom. The molecule has 0 aliphatic carbocycles. The lowest BCUT2D eigenvalue weighted by atomic mass is 9.85. The maximum Gasteiger partial charge on any atom is 0.416 e. The number of tetrazole rings is 1. The molecule has 44 heavy (non-hydrogen) atoms. The Kier molecular flexibility index (Phi) is 7.86. The highest BCUT2D eigenvalue weighted by Crippen LogP contribution is 2.41. The second-order valence-corrected chi connectivity index (χ2v) is 11.0. The molecule has 232 valence electrons. The third kappa shape index (κ3) is 5.35. The Balaban J connectivity index is 1.33. The molecule has 3 aromatic rings. The van der Waals surface area contributed by atoms with Gasteiger partial charge in [-0.2, -0.15) is 18.4 Å². The van der Waals surface area contributed by atoms with Gasteiger partial charge in [0.05, 0.1) is 11.1 Å². The van der Waals surface area contributed by atoms with Crippen molar-refractivity contribution in [2.75, 3.05) is 25.0 Å². The molecule has 1 spiro atoms. The molecule has 2 fully saturated rings. The van der Waals surface area contributed by atoms with Gasteiger partial charge >= 0.3 is 12.2 Å². The lowest BCUT2D eigenvalue weighted by Crippen LogP contribution is -2.60. The van der Waals surface area contributed by atoms with E-state index in [0.717, 1.165) is 4.90 Å². The van der Waals surface area contributed by atoms with Crippen LogP contribution in [0.2, 0.25) is 0 Å². The lowest BCUT2D eigenvalue weighted by molar-refractivity contribution is -0.139. The third-order valence-corrected chi connectivity index (χ3v) is 8.00. The maximum absolute atomic E-state index is 14.4. The van der Waals surface area contributed by atoms with Crippen molar-refractivity contribution in [2.24, 2.45) is 5.92 Å². The van der Waals surface area contributed by atoms with Gasteiger partial charge in [-0.25, -0.2) is 9.18 Å². The summed E-state index contributed by atoms with van der Waals surface area (Å²) < 4.78 is 53.8. The van der Waals surface area contributed by atoms with E-state index in [9.17, 15) is 36.7 Å². The number of aromatic nitrogens is 4. The summed E-state index contributed by atoms with van der Waals surface area (Å²) in [7, 11) is 1.38. The summed E-state index contributed by atoms with van der Waals surface area (Å²) in [6, 6.07) is 6.45. The number of nitrogens with one attached hydrogen (secondary N) is 2. The van der Waals surface area contributed by atoms with Crippen LogP contribution in [0.1, 0.15) is 42.6 Å². The molecule has 5 rings (SSSR count). The number of likely N-dealkylation sites (tertiary alicyclic amines) is 1. The first-order valence-electron chi connectivity index (χ1n) is 13.7. The summed E-state index contributed by atoms with van der Waals surface area (Å²) >= 11 is 0. The summed E-state index contributed by atoms with van der Waals surface area (Å²) in [4.78, 5) is 57.0. The van der Waals surface area contributed by atoms with E-state index in [1.165, 1.54) is 16.8 Å². The van der Waals surface area contributed by atoms with Gasteiger partial charge in [0.2, 0.25) is 11.7 Å². The summed E-state index contributed by atoms with van der Waals surface area (Å²) in [5, 5.41) is 16.1. The quantitative estimate of drug-likeness (QED) is 0.320. The van der Waals surface area contributed by atoms with E-state index >= 15 is 0 Å². The largest absolute Gasteiger partial charge is 0.416 e. The molecule has 0 bridgehead atoms. The fourth-order valence-corrected chi connectivity index (χ4v) is 5.57. The zero-order chi connectivity index (χ0) is 32.0. The predicted molar refractivity (Wildman–Crippen MR) is 146 cm³/mol. The predicted octanol–water partition coefficient (Wildman–Crippen LogP) is 3.24. The molecule has 2 N–H and O–H groups in total. The van der Waals surface area contributed by atoms with E-state index in [1.807, 2.05) is 0 Å². The molecule has 1 atom stereocenters. The average molecular weight is 617 g/mol. The molecule has 1 unspecified atom stereocenters. The second kappa shape index (κ2) is 11.3. The molecule has 5 amide bonds. The van der Waals surface area contributed by atoms with Crippen LogP contribution in [0.15, 0.2) is 42.5 Å². The Morgan fingerprint density at radius 2 is 1.70 bits per heavy atom. The first-order valence-corrected chi connectivity index (χ1v) is 13.7. The number of carbonyl (C=O) groups excluding carboxylic acids is 4. The topological polar surface area (TPSA) is 144 Å². The number of amides is 5. The van der Waals surface area contributed by atoms with E-state index in [-0.39, 0.29) is 25.9 Å². The molecule has 12 nitrogen and oxygen atoms in total. The van der Waals surface area contributed by atoms with Crippen LogP contribution in [0.25, 0.3) is 11.4 Å². The van der Waals surface area contributed by atoms with Crippen LogP contribution in [-0.2, 0) is 15.8 Å². The number of H-pyrrole nitrogens is 1. The molecular formula is C28H28F4N8O4. The Labute approximate surface area is 248 Å². The standard InChI is InChI=1S/C28H28F4N8O4/c1-15(2)21(33-23(41)19-14-17(28(30,31)32)6-9-20(19)29)24(42)39-12-10-27(11-13-39)25(43)38(3)26(44)40(27)18-7-4-16(5-8-18)22-34-36-37-35-22/h4-9,14-15,21H,10-13H2,1-3H3,(H,33,41)(H,34,35,36,37). The van der Waals surface area contributed by atoms with E-state index in [4.69, 9.17) is 0 Å². The minimum atomic E-state index is -4.79. The second-order valence-electron chi connectivity index (χ2n) is 11.0. The molecule has 0 radical (unpaired) electrons. The number of carbonyl (C=O) groups is 4. The number of aromatic amines is 1. The molecule has 0 saturated carbocycles. The maximum atomic E-state index is 14.4. The number of imide groups is 1. The minimum Gasteiger partial charge on any atom is -0.341 e. The molecule has 2 aliphatic rings. The van der Waals surface area contributed by atoms with E-state index in [1.54, 1.807) is 38.1 Å². The van der Waals surface area contributed by atoms with Gasteiger partial charge in [-0.05, 0) is 66.4 Å². The molecule has 2 aromatic carbocycles. The van der Waals surface area contributed by atoms with Gasteiger partial charge in [0.25, 0.3) is 11.8 Å². The highest BCUT2D eigenvalue weighted by molar-refractivity contribution is 6.16. The van der Waals surface area contributed by atoms with Crippen LogP contribution >= 0.6 is 0 Å². The Hall–Kier alpha value is -4.89. The molecule has 16 heteroatoms. The first-order chi connectivity index (χ1) is 20.7. The van der Waals surface area contributed by atoms with Crippen LogP contribution in [0.3, 0.4) is 0 Å². The minimum absolute atomic E-state index is 0.0418. The highest BCUT2D eigenvalue weighted by Gasteiger charge is 2.58. The van der Waals surface area contributed by atoms with Crippen LogP contribution < -0.4 is 10.2 Å². The van der Waals surface area contributed by atoms with Crippen molar-refractivity contribution in [1.82, 2.24) is 35.7 Å². The lowest BCUT2D eigenvalue weighted by Gasteiger charge is -2.43. The number of urea groups is 1. The van der Waals surface area contributed by atoms with Gasteiger partial charge in [-0.3, -0.25) is 24.2 Å². The number of hydrogen-bond acceptors (Lipinski definition) is 7. The molecule has 3 heterocycles. The Morgan fingerprint density at radius 3 is 2.27 bits per heavy atom. The first kappa shape index (κ1) is 30.6. The number of hydrogen-bond donors (Lipinski definition) is 2. The van der Waals surface area contributed by atoms with Crippen molar-refractivity contribution in [3.8, 4) is 11.4 Å². The van der Waals surface area contributed by atoms with Crippen LogP contribution in [0.4, 0.5) is 28.0 Å². The third-order valence-electron chi connectivity index (χ3n) is 8.00. The molecule has 2 saturated heterocycles. The summed E-state index contributed by atoms with van der Waals surface area (Å²) in [5.41, 5.74) is -2.22. The van der Waals surface area contributed by atoms with Gasteiger partial charge < -0.3 is 10.2 Å². The number of likely N-dealkylation sites (N-methyl/N-ethyl adjacent to an activating group) is 1. The number of anilines is 1. The molecular weight excluding hydrogens is 588 g/mol. The fraction of sp³-hybridized carbons (Fsp3) is 0.393. The number of nitrogens with zero attached hydrogens (tertiary/aromatic N) is 6. The number of piperidine rings is 1. The summed E-state index contributed by atoms with van der Waals surface area (Å²) in [5.74, 6) is -3.46. The van der Waals surface area contributed by atoms with Gasteiger partial charge in [0.1, 0.15) is 17.4 Å². The number of benzene rings is 2. The molecule has 2 aliphatic heterocycles. The normalized spacial score (nSPS) is 17.5. The Bertz CT molecular complexity index is 1590. The van der Waals surface area contributed by atoms with Gasteiger partial charge in [-0.15, -0.1) is 10.2 Å². The van der Waals surface area contributed by atoms with Crippen molar-refractivity contribution in [1.29, 1.82) is 0 Å². The summed E-state index contributed by atoms with van der Waals surface area (Å²) in [6.45, 7) is 3.34. The van der Waals surface area contributed by atoms with Crippen LogP contribution in [0.5, 0.6) is 0 Å². The smallest absolute Gasteiger partial charge is 0.341 e. The van der Waals surface area contributed by atoms with Crippen LogP contribution in [0, 0.1) is 11.7 Å². The fourth-order valence-electron chi connectivity index (χ4n) is 5.57. The van der Waals surface area contributed by atoms with E-state index in [0.29, 0.717) is 35.3 Å². The number of alkyl halides is 3. The number of halogens is 4. The van der Waals surface area contributed by atoms with Crippen molar-refractivity contribution in [3.05, 3.63) is 59.4 Å². The average Bonchev–Trinajstić information content (AvgIpc) is 3.59. The van der Waals surface area contributed by atoms with Crippen LogP contribution in [-0.4, -0.2) is 85.9 Å². The zero-order valence-corrected chi connectivity index (χ0v) is 23.9. The monoisotopic (exact) mass is 616 g/mol. The van der Waals surface area contributed by atoms with Gasteiger partial charge in [0, 0.05) is 31.4 Å².